The third-order valence-corrected chi connectivity index (χ3v) is 4.14. The molecule has 1 saturated heterocycles. The fraction of sp³-hybridized carbons (Fsp3) is 0.562. The van der Waals surface area contributed by atoms with E-state index in [0.29, 0.717) is 5.92 Å². The van der Waals surface area contributed by atoms with E-state index in [1.807, 2.05) is 13.8 Å². The van der Waals surface area contributed by atoms with Gasteiger partial charge >= 0.3 is 0 Å². The van der Waals surface area contributed by atoms with Gasteiger partial charge < -0.3 is 9.88 Å². The summed E-state index contributed by atoms with van der Waals surface area (Å²) in [6, 6.07) is 0. The predicted molar refractivity (Wildman–Crippen MR) is 87.5 cm³/mol. The molecule has 1 aromatic heterocycles. The lowest BCUT2D eigenvalue weighted by Gasteiger charge is -2.19. The number of aryl methyl sites for hydroxylation is 1. The summed E-state index contributed by atoms with van der Waals surface area (Å²) in [6.45, 7) is 14.6. The summed E-state index contributed by atoms with van der Waals surface area (Å²) >= 11 is 6.53. The van der Waals surface area contributed by atoms with Crippen LogP contribution in [0.2, 0.25) is 5.02 Å². The highest BCUT2D eigenvalue weighted by Crippen LogP contribution is 2.21. The first-order chi connectivity index (χ1) is 9.43. The highest BCUT2D eigenvalue weighted by molar-refractivity contribution is 6.31. The van der Waals surface area contributed by atoms with Crippen LogP contribution in [0.25, 0.3) is 12.4 Å². The number of nitrogens with one attached hydrogen (secondary N) is 1. The minimum absolute atomic E-state index is 0.703. The van der Waals surface area contributed by atoms with Gasteiger partial charge in [0.2, 0.25) is 0 Å². The van der Waals surface area contributed by atoms with E-state index >= 15 is 0 Å². The molecule has 0 saturated carbocycles. The van der Waals surface area contributed by atoms with Gasteiger partial charge in [0.1, 0.15) is 5.82 Å². The standard InChI is InChI=1S/C16H24ClN3/c1-6-13-15(17)14(12(5)19-13)16(18-10(2)3)20-8-7-11(4)9-20/h11,19H,5-9H2,1-4H3/b16-14-. The Kier molecular flexibility index (Phi) is 4.59. The number of aromatic amines is 1. The Balaban J connectivity index is 2.67. The number of likely N-dealkylation sites (tertiary alicyclic amines) is 1. The molecule has 0 radical (unpaired) electrons. The average Bonchev–Trinajstić information content (AvgIpc) is 2.91. The maximum Gasteiger partial charge on any atom is 0.139 e. The van der Waals surface area contributed by atoms with E-state index in [2.05, 4.69) is 30.3 Å². The fourth-order valence-electron chi connectivity index (χ4n) is 2.68. The van der Waals surface area contributed by atoms with Gasteiger partial charge in [0.15, 0.2) is 0 Å². The quantitative estimate of drug-likeness (QED) is 0.853. The molecule has 1 unspecified atom stereocenters. The summed E-state index contributed by atoms with van der Waals surface area (Å²) in [7, 11) is 0. The second-order valence-electron chi connectivity index (χ2n) is 5.85. The topological polar surface area (TPSA) is 31.4 Å². The van der Waals surface area contributed by atoms with Crippen LogP contribution in [0.3, 0.4) is 0 Å². The van der Waals surface area contributed by atoms with E-state index in [-0.39, 0.29) is 0 Å². The molecule has 20 heavy (non-hydrogen) atoms. The molecule has 0 aliphatic carbocycles. The Morgan fingerprint density at radius 2 is 2.20 bits per heavy atom. The summed E-state index contributed by atoms with van der Waals surface area (Å²) < 4.78 is 0. The van der Waals surface area contributed by atoms with E-state index in [0.717, 1.165) is 52.3 Å². The normalized spacial score (nSPS) is 20.2. The van der Waals surface area contributed by atoms with Gasteiger partial charge in [-0.1, -0.05) is 32.0 Å². The summed E-state index contributed by atoms with van der Waals surface area (Å²) in [5.74, 6) is 1.68. The molecule has 1 aromatic rings. The van der Waals surface area contributed by atoms with Gasteiger partial charge in [-0.05, 0) is 32.6 Å². The minimum Gasteiger partial charge on any atom is -0.358 e. The lowest BCUT2D eigenvalue weighted by atomic mass is 10.2. The molecule has 0 amide bonds. The smallest absolute Gasteiger partial charge is 0.139 e. The summed E-state index contributed by atoms with van der Waals surface area (Å²) in [6.07, 6.45) is 2.08. The second kappa shape index (κ2) is 6.04. The van der Waals surface area contributed by atoms with Crippen LogP contribution >= 0.6 is 11.6 Å². The molecule has 0 aromatic carbocycles. The first-order valence-corrected chi connectivity index (χ1v) is 7.68. The molecule has 1 atom stereocenters. The number of halogens is 1. The Morgan fingerprint density at radius 3 is 2.65 bits per heavy atom. The molecule has 1 aliphatic rings. The number of H-pyrrole nitrogens is 1. The Hall–Kier alpha value is -1.22. The molecule has 110 valence electrons. The van der Waals surface area contributed by atoms with Gasteiger partial charge in [-0.2, -0.15) is 0 Å². The fourth-order valence-corrected chi connectivity index (χ4v) is 3.06. The Morgan fingerprint density at radius 1 is 1.50 bits per heavy atom. The van der Waals surface area contributed by atoms with Crippen molar-refractivity contribution in [3.63, 3.8) is 0 Å². The van der Waals surface area contributed by atoms with Crippen molar-refractivity contribution >= 4 is 29.7 Å². The van der Waals surface area contributed by atoms with Crippen molar-refractivity contribution in [2.75, 3.05) is 13.1 Å². The maximum atomic E-state index is 6.53. The molecule has 2 rings (SSSR count). The number of nitrogens with zero attached hydrogens (tertiary/aromatic N) is 2. The van der Waals surface area contributed by atoms with Gasteiger partial charge in [-0.25, -0.2) is 4.99 Å². The molecule has 3 nitrogen and oxygen atoms in total. The van der Waals surface area contributed by atoms with Gasteiger partial charge in [0.25, 0.3) is 0 Å². The monoisotopic (exact) mass is 293 g/mol. The van der Waals surface area contributed by atoms with E-state index in [9.17, 15) is 0 Å². The second-order valence-corrected chi connectivity index (χ2v) is 6.23. The molecule has 1 fully saturated rings. The number of aromatic nitrogens is 1. The molecule has 0 spiro atoms. The maximum absolute atomic E-state index is 6.53. The van der Waals surface area contributed by atoms with Crippen LogP contribution in [0.4, 0.5) is 0 Å². The van der Waals surface area contributed by atoms with Gasteiger partial charge in [0, 0.05) is 29.8 Å². The van der Waals surface area contributed by atoms with E-state index in [4.69, 9.17) is 16.6 Å². The lowest BCUT2D eigenvalue weighted by Crippen LogP contribution is -2.32. The molecular formula is C16H24ClN3. The number of aliphatic imine (C=N–C) groups is 1. The predicted octanol–water partition coefficient (Wildman–Crippen LogP) is 2.53. The number of hydrogen-bond donors (Lipinski definition) is 1. The third-order valence-electron chi connectivity index (χ3n) is 3.72. The summed E-state index contributed by atoms with van der Waals surface area (Å²) in [5.41, 5.74) is 2.08. The molecular weight excluding hydrogens is 270 g/mol. The minimum atomic E-state index is 0.703. The molecule has 0 bridgehead atoms. The molecule has 1 aliphatic heterocycles. The van der Waals surface area contributed by atoms with Crippen molar-refractivity contribution in [3.8, 4) is 0 Å². The largest absolute Gasteiger partial charge is 0.358 e. The summed E-state index contributed by atoms with van der Waals surface area (Å²) in [5, 5.41) is 2.61. The number of hydrogen-bond acceptors (Lipinski definition) is 2. The van der Waals surface area contributed by atoms with Crippen molar-refractivity contribution < 1.29 is 0 Å². The molecule has 1 N–H and O–H groups in total. The first kappa shape index (κ1) is 15.2. The van der Waals surface area contributed by atoms with Crippen molar-refractivity contribution in [1.82, 2.24) is 9.88 Å². The van der Waals surface area contributed by atoms with Gasteiger partial charge in [-0.3, -0.25) is 0 Å². The zero-order valence-electron chi connectivity index (χ0n) is 12.9. The molecule has 4 heteroatoms. The van der Waals surface area contributed by atoms with Crippen molar-refractivity contribution in [3.05, 3.63) is 21.3 Å². The first-order valence-electron chi connectivity index (χ1n) is 7.30. The number of rotatable bonds is 3. The van der Waals surface area contributed by atoms with Crippen LogP contribution in [-0.4, -0.2) is 28.7 Å². The van der Waals surface area contributed by atoms with Crippen molar-refractivity contribution in [2.45, 2.75) is 40.5 Å². The lowest BCUT2D eigenvalue weighted by molar-refractivity contribution is 0.460. The highest BCUT2D eigenvalue weighted by Gasteiger charge is 2.22. The average molecular weight is 294 g/mol. The van der Waals surface area contributed by atoms with Crippen molar-refractivity contribution in [1.29, 1.82) is 0 Å². The SMILES string of the molecule is C=c1[nH]c(CC)c(Cl)/c1=C(/N=C(C)C)N1CCC(C)C1. The Labute approximate surface area is 126 Å². The van der Waals surface area contributed by atoms with E-state index in [1.54, 1.807) is 0 Å². The van der Waals surface area contributed by atoms with Crippen LogP contribution in [0, 0.1) is 5.92 Å². The van der Waals surface area contributed by atoms with E-state index < -0.39 is 0 Å². The van der Waals surface area contributed by atoms with Crippen LogP contribution in [0.5, 0.6) is 0 Å². The van der Waals surface area contributed by atoms with Crippen molar-refractivity contribution in [2.24, 2.45) is 10.9 Å². The molecule has 2 heterocycles. The van der Waals surface area contributed by atoms with Crippen LogP contribution in [-0.2, 0) is 6.42 Å². The zero-order chi connectivity index (χ0) is 14.9. The zero-order valence-corrected chi connectivity index (χ0v) is 13.6. The van der Waals surface area contributed by atoms with Gasteiger partial charge in [-0.15, -0.1) is 0 Å². The van der Waals surface area contributed by atoms with Crippen LogP contribution in [0.15, 0.2) is 4.99 Å². The van der Waals surface area contributed by atoms with Gasteiger partial charge in [0.05, 0.1) is 10.2 Å². The van der Waals surface area contributed by atoms with E-state index in [1.165, 1.54) is 6.42 Å². The summed E-state index contributed by atoms with van der Waals surface area (Å²) in [4.78, 5) is 10.4. The Bertz CT molecular complexity index is 623. The van der Waals surface area contributed by atoms with Crippen LogP contribution in [0.1, 0.15) is 39.8 Å². The third kappa shape index (κ3) is 2.93. The van der Waals surface area contributed by atoms with Crippen LogP contribution < -0.4 is 10.6 Å². The highest BCUT2D eigenvalue weighted by atomic mass is 35.5.